The number of aliphatic hydroxyl groups is 1. The predicted octanol–water partition coefficient (Wildman–Crippen LogP) is 2.82. The van der Waals surface area contributed by atoms with Crippen LogP contribution in [-0.4, -0.2) is 33.3 Å². The topological polar surface area (TPSA) is 91.7 Å². The Kier molecular flexibility index (Phi) is 3.65. The number of carboxylic acid groups (broad SMARTS) is 1. The van der Waals surface area contributed by atoms with Crippen molar-refractivity contribution in [2.45, 2.75) is 64.4 Å². The van der Waals surface area contributed by atoms with Crippen LogP contribution in [0.4, 0.5) is 0 Å². The van der Waals surface area contributed by atoms with Gasteiger partial charge < -0.3 is 10.2 Å². The third kappa shape index (κ3) is 2.10. The summed E-state index contributed by atoms with van der Waals surface area (Å²) in [4.78, 5) is 36.0. The van der Waals surface area contributed by atoms with Gasteiger partial charge in [0, 0.05) is 18.8 Å². The molecule has 5 atom stereocenters. The van der Waals surface area contributed by atoms with Crippen molar-refractivity contribution in [1.29, 1.82) is 0 Å². The van der Waals surface area contributed by atoms with E-state index < -0.39 is 17.0 Å². The zero-order chi connectivity index (χ0) is 18.9. The molecule has 0 bridgehead atoms. The van der Waals surface area contributed by atoms with Gasteiger partial charge in [0.1, 0.15) is 5.78 Å². The minimum absolute atomic E-state index is 0.0441. The normalized spacial score (nSPS) is 44.6. The molecule has 4 aliphatic carbocycles. The summed E-state index contributed by atoms with van der Waals surface area (Å²) in [6.07, 6.45) is 6.79. The van der Waals surface area contributed by atoms with Crippen LogP contribution in [0, 0.1) is 22.7 Å². The lowest BCUT2D eigenvalue weighted by Crippen LogP contribution is -2.60. The summed E-state index contributed by atoms with van der Waals surface area (Å²) < 4.78 is 0. The Balaban J connectivity index is 1.89. The van der Waals surface area contributed by atoms with Crippen molar-refractivity contribution >= 4 is 17.5 Å². The van der Waals surface area contributed by atoms with Gasteiger partial charge in [0.15, 0.2) is 5.78 Å². The second-order valence-corrected chi connectivity index (χ2v) is 9.05. The lowest BCUT2D eigenvalue weighted by molar-refractivity contribution is -0.163. The van der Waals surface area contributed by atoms with Crippen molar-refractivity contribution in [3.8, 4) is 0 Å². The van der Waals surface area contributed by atoms with E-state index in [4.69, 9.17) is 0 Å². The number of carbonyl (C=O) groups excluding carboxylic acids is 2. The Hall–Kier alpha value is -1.75. The van der Waals surface area contributed by atoms with Crippen molar-refractivity contribution in [2.24, 2.45) is 22.7 Å². The Morgan fingerprint density at radius 3 is 2.62 bits per heavy atom. The molecule has 4 rings (SSSR count). The number of fused-ring (bicyclic) bond motifs is 5. The summed E-state index contributed by atoms with van der Waals surface area (Å²) in [6, 6.07) is 0. The third-order valence-corrected chi connectivity index (χ3v) is 7.94. The summed E-state index contributed by atoms with van der Waals surface area (Å²) >= 11 is 0. The maximum Gasteiger partial charge on any atom is 0.307 e. The highest BCUT2D eigenvalue weighted by atomic mass is 16.4. The second-order valence-electron chi connectivity index (χ2n) is 9.05. The van der Waals surface area contributed by atoms with E-state index in [1.165, 1.54) is 0 Å². The maximum absolute atomic E-state index is 12.5. The van der Waals surface area contributed by atoms with Crippen LogP contribution < -0.4 is 0 Å². The van der Waals surface area contributed by atoms with Gasteiger partial charge in [-0.05, 0) is 61.2 Å². The summed E-state index contributed by atoms with van der Waals surface area (Å²) in [6.45, 7) is 3.99. The molecule has 0 radical (unpaired) electrons. The average molecular weight is 358 g/mol. The molecule has 26 heavy (non-hydrogen) atoms. The highest BCUT2D eigenvalue weighted by molar-refractivity contribution is 5.93. The molecule has 0 saturated heterocycles. The van der Waals surface area contributed by atoms with Crippen molar-refractivity contribution in [2.75, 3.05) is 0 Å². The van der Waals surface area contributed by atoms with E-state index in [1.54, 1.807) is 6.08 Å². The lowest BCUT2D eigenvalue weighted by Gasteiger charge is -2.59. The molecule has 140 valence electrons. The van der Waals surface area contributed by atoms with Gasteiger partial charge in [0.2, 0.25) is 0 Å². The molecule has 0 aromatic rings. The summed E-state index contributed by atoms with van der Waals surface area (Å²) in [7, 11) is 0. The number of Topliss-reactive ketones (excluding diaryl/α,β-unsaturated/α-hetero) is 1. The molecular weight excluding hydrogens is 332 g/mol. The molecule has 0 unspecified atom stereocenters. The summed E-state index contributed by atoms with van der Waals surface area (Å²) in [5.41, 5.74) is -0.700. The lowest BCUT2D eigenvalue weighted by atomic mass is 9.46. The van der Waals surface area contributed by atoms with Crippen molar-refractivity contribution < 1.29 is 24.6 Å². The molecule has 2 saturated carbocycles. The Labute approximate surface area is 153 Å². The molecule has 0 aliphatic heterocycles. The van der Waals surface area contributed by atoms with Gasteiger partial charge in [-0.2, -0.15) is 0 Å². The zero-order valence-electron chi connectivity index (χ0n) is 15.4. The van der Waals surface area contributed by atoms with Crippen LogP contribution in [0.5, 0.6) is 0 Å². The molecule has 5 nitrogen and oxygen atoms in total. The SMILES string of the molecule is C[C@]12CCC(=O)C=C1C(CC(=O)O)=C[C@@H]1[C@H]2CC[C@]2(C)C(=O)CC[C@@]12O. The highest BCUT2D eigenvalue weighted by Gasteiger charge is 2.66. The average Bonchev–Trinajstić information content (AvgIpc) is 2.81. The van der Waals surface area contributed by atoms with Gasteiger partial charge in [0.05, 0.1) is 17.4 Å². The Morgan fingerprint density at radius 1 is 1.19 bits per heavy atom. The molecule has 4 aliphatic rings. The van der Waals surface area contributed by atoms with E-state index >= 15 is 0 Å². The van der Waals surface area contributed by atoms with E-state index in [-0.39, 0.29) is 35.2 Å². The minimum atomic E-state index is -1.12. The Bertz CT molecular complexity index is 777. The smallest absolute Gasteiger partial charge is 0.307 e. The number of aliphatic carboxylic acids is 1. The largest absolute Gasteiger partial charge is 0.481 e. The second kappa shape index (κ2) is 5.38. The zero-order valence-corrected chi connectivity index (χ0v) is 15.4. The van der Waals surface area contributed by atoms with Crippen LogP contribution in [0.15, 0.2) is 23.3 Å². The molecule has 5 heteroatoms. The van der Waals surface area contributed by atoms with Crippen molar-refractivity contribution in [3.63, 3.8) is 0 Å². The summed E-state index contributed by atoms with van der Waals surface area (Å²) in [5, 5.41) is 21.0. The fraction of sp³-hybridized carbons (Fsp3) is 0.667. The number of hydrogen-bond acceptors (Lipinski definition) is 4. The van der Waals surface area contributed by atoms with Crippen LogP contribution in [-0.2, 0) is 14.4 Å². The number of hydrogen-bond donors (Lipinski definition) is 2. The monoisotopic (exact) mass is 358 g/mol. The fourth-order valence-electron chi connectivity index (χ4n) is 6.30. The highest BCUT2D eigenvalue weighted by Crippen LogP contribution is 2.65. The Morgan fingerprint density at radius 2 is 1.92 bits per heavy atom. The first-order valence-electron chi connectivity index (χ1n) is 9.55. The number of carboxylic acids is 1. The molecule has 2 fully saturated rings. The molecule has 0 aromatic carbocycles. The van der Waals surface area contributed by atoms with Gasteiger partial charge in [0.25, 0.3) is 0 Å². The van der Waals surface area contributed by atoms with Crippen LogP contribution in [0.3, 0.4) is 0 Å². The van der Waals surface area contributed by atoms with E-state index in [9.17, 15) is 24.6 Å². The van der Waals surface area contributed by atoms with Gasteiger partial charge in [-0.15, -0.1) is 0 Å². The van der Waals surface area contributed by atoms with E-state index in [0.29, 0.717) is 37.7 Å². The molecule has 0 aromatic heterocycles. The fourth-order valence-corrected chi connectivity index (χ4v) is 6.30. The third-order valence-electron chi connectivity index (χ3n) is 7.94. The number of allylic oxidation sites excluding steroid dienone is 2. The standard InChI is InChI=1S/C21H26O5/c1-19-6-3-13(22)11-15(19)12(10-18(24)25)9-16-14(19)4-7-20(2)17(23)5-8-21(16,20)26/h9,11,14,16,26H,3-8,10H2,1-2H3,(H,24,25)/t14-,16-,19-,20-,21-/m1/s1. The minimum Gasteiger partial charge on any atom is -0.481 e. The number of ketones is 2. The van der Waals surface area contributed by atoms with Gasteiger partial charge >= 0.3 is 5.97 Å². The number of rotatable bonds is 2. The quantitative estimate of drug-likeness (QED) is 0.792. The maximum atomic E-state index is 12.5. The van der Waals surface area contributed by atoms with Crippen LogP contribution in [0.25, 0.3) is 0 Å². The van der Waals surface area contributed by atoms with Crippen LogP contribution in [0.1, 0.15) is 58.8 Å². The van der Waals surface area contributed by atoms with E-state index in [1.807, 2.05) is 13.0 Å². The first-order chi connectivity index (χ1) is 12.1. The first kappa shape index (κ1) is 17.7. The molecular formula is C21H26O5. The van der Waals surface area contributed by atoms with Gasteiger partial charge in [-0.25, -0.2) is 0 Å². The van der Waals surface area contributed by atoms with Crippen LogP contribution >= 0.6 is 0 Å². The van der Waals surface area contributed by atoms with Gasteiger partial charge in [-0.3, -0.25) is 14.4 Å². The summed E-state index contributed by atoms with van der Waals surface area (Å²) in [5.74, 6) is -0.885. The molecule has 0 amide bonds. The van der Waals surface area contributed by atoms with Crippen molar-refractivity contribution in [3.05, 3.63) is 23.3 Å². The molecule has 2 N–H and O–H groups in total. The van der Waals surface area contributed by atoms with Crippen LogP contribution in [0.2, 0.25) is 0 Å². The first-order valence-corrected chi connectivity index (χ1v) is 9.55. The molecule has 0 heterocycles. The van der Waals surface area contributed by atoms with E-state index in [2.05, 4.69) is 6.92 Å². The van der Waals surface area contributed by atoms with Crippen molar-refractivity contribution in [1.82, 2.24) is 0 Å². The number of carbonyl (C=O) groups is 3. The van der Waals surface area contributed by atoms with E-state index in [0.717, 1.165) is 12.0 Å². The molecule has 0 spiro atoms. The predicted molar refractivity (Wildman–Crippen MR) is 94.3 cm³/mol. The van der Waals surface area contributed by atoms with Gasteiger partial charge in [-0.1, -0.05) is 13.0 Å².